The smallest absolute Gasteiger partial charge is 0.136 e. The maximum Gasteiger partial charge on any atom is 0.136 e. The van der Waals surface area contributed by atoms with Crippen molar-refractivity contribution in [3.8, 4) is 44.5 Å². The van der Waals surface area contributed by atoms with E-state index in [9.17, 15) is 0 Å². The number of para-hydroxylation sites is 1. The van der Waals surface area contributed by atoms with Crippen molar-refractivity contribution < 1.29 is 4.42 Å². The molecule has 0 saturated heterocycles. The Morgan fingerprint density at radius 1 is 0.310 bits per heavy atom. The van der Waals surface area contributed by atoms with Crippen LogP contribution in [0.1, 0.15) is 0 Å². The minimum Gasteiger partial charge on any atom is -0.456 e. The Hall–Kier alpha value is -7.68. The lowest BCUT2D eigenvalue weighted by atomic mass is 9.86. The van der Waals surface area contributed by atoms with Crippen molar-refractivity contribution in [1.82, 2.24) is 0 Å². The van der Waals surface area contributed by atoms with E-state index in [0.717, 1.165) is 55.7 Å². The molecule has 58 heavy (non-hydrogen) atoms. The van der Waals surface area contributed by atoms with Crippen LogP contribution in [0.3, 0.4) is 0 Å². The summed E-state index contributed by atoms with van der Waals surface area (Å²) in [5, 5.41) is 7.11. The summed E-state index contributed by atoms with van der Waals surface area (Å²) in [7, 11) is 0. The number of hydrogen-bond acceptors (Lipinski definition) is 2. The van der Waals surface area contributed by atoms with Crippen LogP contribution in [0.15, 0.2) is 229 Å². The molecule has 11 rings (SSSR count). The van der Waals surface area contributed by atoms with E-state index in [2.05, 4.69) is 223 Å². The van der Waals surface area contributed by atoms with E-state index in [1.54, 1.807) is 0 Å². The maximum absolute atomic E-state index is 6.49. The van der Waals surface area contributed by atoms with Crippen molar-refractivity contribution in [2.45, 2.75) is 0 Å². The molecule has 0 N–H and O–H groups in total. The Labute approximate surface area is 337 Å². The first-order valence-electron chi connectivity index (χ1n) is 19.8. The Morgan fingerprint density at radius 2 is 0.810 bits per heavy atom. The standard InChI is InChI=1S/C56H37NO/c1-3-15-38(16-4-1)40-29-33-43(34-30-40)57(44-35-31-41(32-36-44)39-17-5-2-6-18-39)52-26-13-24-48(49-25-14-28-54-56(49)50-23-11-12-27-53(50)58-54)55(52)51-37-42-19-7-8-20-45(42)46-21-9-10-22-47(46)51/h1-37H. The average Bonchev–Trinajstić information content (AvgIpc) is 3.69. The molecule has 2 nitrogen and oxygen atoms in total. The van der Waals surface area contributed by atoms with Gasteiger partial charge in [0.25, 0.3) is 0 Å². The molecule has 0 spiro atoms. The molecular formula is C56H37NO. The maximum atomic E-state index is 6.49. The third-order valence-corrected chi connectivity index (χ3v) is 11.5. The number of fused-ring (bicyclic) bond motifs is 6. The van der Waals surface area contributed by atoms with Gasteiger partial charge < -0.3 is 9.32 Å². The fourth-order valence-corrected chi connectivity index (χ4v) is 8.79. The summed E-state index contributed by atoms with van der Waals surface area (Å²) >= 11 is 0. The number of rotatable bonds is 7. The zero-order valence-corrected chi connectivity index (χ0v) is 31.7. The molecule has 0 atom stereocenters. The summed E-state index contributed by atoms with van der Waals surface area (Å²) < 4.78 is 6.49. The van der Waals surface area contributed by atoms with Gasteiger partial charge in [0.2, 0.25) is 0 Å². The van der Waals surface area contributed by atoms with E-state index in [4.69, 9.17) is 4.42 Å². The van der Waals surface area contributed by atoms with Crippen molar-refractivity contribution >= 4 is 60.5 Å². The van der Waals surface area contributed by atoms with E-state index in [0.29, 0.717) is 0 Å². The fourth-order valence-electron chi connectivity index (χ4n) is 8.79. The highest BCUT2D eigenvalue weighted by Gasteiger charge is 2.24. The van der Waals surface area contributed by atoms with Gasteiger partial charge in [-0.05, 0) is 109 Å². The van der Waals surface area contributed by atoms with Crippen LogP contribution in [0.25, 0.3) is 88.0 Å². The molecule has 0 amide bonds. The Balaban J connectivity index is 1.23. The molecule has 0 aliphatic rings. The lowest BCUT2D eigenvalue weighted by Gasteiger charge is -2.30. The number of hydrogen-bond donors (Lipinski definition) is 0. The first-order chi connectivity index (χ1) is 28.8. The predicted molar refractivity (Wildman–Crippen MR) is 245 cm³/mol. The van der Waals surface area contributed by atoms with Gasteiger partial charge in [0.1, 0.15) is 11.2 Å². The Bertz CT molecular complexity index is 3170. The molecule has 1 heterocycles. The van der Waals surface area contributed by atoms with Gasteiger partial charge in [0.05, 0.1) is 5.69 Å². The van der Waals surface area contributed by atoms with Crippen LogP contribution in [0.4, 0.5) is 17.1 Å². The molecule has 11 aromatic rings. The van der Waals surface area contributed by atoms with Crippen LogP contribution in [-0.4, -0.2) is 0 Å². The van der Waals surface area contributed by atoms with Crippen molar-refractivity contribution in [3.05, 3.63) is 224 Å². The van der Waals surface area contributed by atoms with E-state index < -0.39 is 0 Å². The molecular weight excluding hydrogens is 703 g/mol. The number of anilines is 3. The fraction of sp³-hybridized carbons (Fsp3) is 0. The highest BCUT2D eigenvalue weighted by Crippen LogP contribution is 2.50. The van der Waals surface area contributed by atoms with E-state index in [-0.39, 0.29) is 0 Å². The van der Waals surface area contributed by atoms with Gasteiger partial charge in [-0.1, -0.05) is 176 Å². The molecule has 0 aliphatic carbocycles. The monoisotopic (exact) mass is 739 g/mol. The normalized spacial score (nSPS) is 11.4. The highest BCUT2D eigenvalue weighted by atomic mass is 16.3. The minimum atomic E-state index is 0.878. The molecule has 1 aromatic heterocycles. The third kappa shape index (κ3) is 5.74. The molecule has 0 bridgehead atoms. The molecule has 0 fully saturated rings. The summed E-state index contributed by atoms with van der Waals surface area (Å²) in [5.41, 5.74) is 14.3. The van der Waals surface area contributed by atoms with E-state index in [1.807, 2.05) is 6.07 Å². The van der Waals surface area contributed by atoms with Crippen LogP contribution in [-0.2, 0) is 0 Å². The first-order valence-corrected chi connectivity index (χ1v) is 19.8. The second-order valence-electron chi connectivity index (χ2n) is 14.8. The lowest BCUT2D eigenvalue weighted by Crippen LogP contribution is -2.12. The number of benzene rings is 10. The summed E-state index contributed by atoms with van der Waals surface area (Å²) in [6, 6.07) is 80.8. The van der Waals surface area contributed by atoms with Crippen LogP contribution in [0.5, 0.6) is 0 Å². The topological polar surface area (TPSA) is 16.4 Å². The molecule has 2 heteroatoms. The van der Waals surface area contributed by atoms with Gasteiger partial charge in [0, 0.05) is 27.7 Å². The Kier molecular flexibility index (Phi) is 8.19. The van der Waals surface area contributed by atoms with Crippen molar-refractivity contribution in [2.24, 2.45) is 0 Å². The SMILES string of the molecule is c1ccc(-c2ccc(N(c3ccc(-c4ccccc4)cc3)c3cccc(-c4cccc5oc6ccccc6c45)c3-c3cc4ccccc4c4ccccc34)cc2)cc1. The molecule has 0 unspecified atom stereocenters. The lowest BCUT2D eigenvalue weighted by molar-refractivity contribution is 0.669. The predicted octanol–water partition coefficient (Wildman–Crippen LogP) is 16.0. The minimum absolute atomic E-state index is 0.878. The van der Waals surface area contributed by atoms with Crippen LogP contribution < -0.4 is 4.90 Å². The molecule has 0 aliphatic heterocycles. The largest absolute Gasteiger partial charge is 0.456 e. The van der Waals surface area contributed by atoms with Crippen LogP contribution in [0.2, 0.25) is 0 Å². The summed E-state index contributed by atoms with van der Waals surface area (Å²) in [6.45, 7) is 0. The zero-order valence-electron chi connectivity index (χ0n) is 31.7. The van der Waals surface area contributed by atoms with Crippen LogP contribution >= 0.6 is 0 Å². The van der Waals surface area contributed by atoms with Gasteiger partial charge >= 0.3 is 0 Å². The summed E-state index contributed by atoms with van der Waals surface area (Å²) in [4.78, 5) is 2.43. The van der Waals surface area contributed by atoms with Gasteiger partial charge in [-0.2, -0.15) is 0 Å². The van der Waals surface area contributed by atoms with Gasteiger partial charge in [0.15, 0.2) is 0 Å². The highest BCUT2D eigenvalue weighted by molar-refractivity contribution is 6.19. The van der Waals surface area contributed by atoms with Gasteiger partial charge in [-0.3, -0.25) is 0 Å². The molecule has 272 valence electrons. The quantitative estimate of drug-likeness (QED) is 0.151. The Morgan fingerprint density at radius 3 is 1.48 bits per heavy atom. The van der Waals surface area contributed by atoms with E-state index >= 15 is 0 Å². The zero-order chi connectivity index (χ0) is 38.4. The van der Waals surface area contributed by atoms with Crippen molar-refractivity contribution in [3.63, 3.8) is 0 Å². The molecule has 10 aromatic carbocycles. The van der Waals surface area contributed by atoms with Crippen molar-refractivity contribution in [2.75, 3.05) is 4.90 Å². The second-order valence-corrected chi connectivity index (χ2v) is 14.8. The molecule has 0 saturated carbocycles. The van der Waals surface area contributed by atoms with Gasteiger partial charge in [-0.15, -0.1) is 0 Å². The summed E-state index contributed by atoms with van der Waals surface area (Å²) in [6.07, 6.45) is 0. The van der Waals surface area contributed by atoms with Crippen molar-refractivity contribution in [1.29, 1.82) is 0 Å². The summed E-state index contributed by atoms with van der Waals surface area (Å²) in [5.74, 6) is 0. The van der Waals surface area contributed by atoms with Crippen LogP contribution in [0, 0.1) is 0 Å². The van der Waals surface area contributed by atoms with E-state index in [1.165, 1.54) is 49.4 Å². The first kappa shape index (κ1) is 33.6. The second kappa shape index (κ2) is 14.1. The van der Waals surface area contributed by atoms with Gasteiger partial charge in [-0.25, -0.2) is 0 Å². The molecule has 0 radical (unpaired) electrons. The third-order valence-electron chi connectivity index (χ3n) is 11.5. The average molecular weight is 740 g/mol. The number of nitrogens with zero attached hydrogens (tertiary/aromatic N) is 1. The number of furan rings is 1.